The standard InChI is InChI=1S/C26H35N3O2/c1-5-6-16-28(4)25(30)21-14-17-29(18-15-21)26(31)22-11-7-8-12-24(22)27-23-13-9-10-19(2)20(23)3/h7-13,21,27H,5-6,14-18H2,1-4H3. The molecule has 0 radical (unpaired) electrons. The Balaban J connectivity index is 1.67. The zero-order chi connectivity index (χ0) is 22.4. The van der Waals surface area contributed by atoms with Crippen LogP contribution in [-0.4, -0.2) is 48.3 Å². The van der Waals surface area contributed by atoms with Crippen LogP contribution in [0.3, 0.4) is 0 Å². The van der Waals surface area contributed by atoms with Gasteiger partial charge >= 0.3 is 0 Å². The van der Waals surface area contributed by atoms with Crippen molar-refractivity contribution in [3.63, 3.8) is 0 Å². The lowest BCUT2D eigenvalue weighted by Crippen LogP contribution is -2.43. The van der Waals surface area contributed by atoms with E-state index in [1.807, 2.05) is 53.2 Å². The molecule has 0 unspecified atom stereocenters. The summed E-state index contributed by atoms with van der Waals surface area (Å²) < 4.78 is 0. The Labute approximate surface area is 186 Å². The third-order valence-corrected chi connectivity index (χ3v) is 6.39. The summed E-state index contributed by atoms with van der Waals surface area (Å²) in [7, 11) is 1.89. The van der Waals surface area contributed by atoms with Crippen molar-refractivity contribution in [3.05, 3.63) is 59.2 Å². The minimum atomic E-state index is 0.0224. The molecule has 0 aromatic heterocycles. The molecule has 166 valence electrons. The first kappa shape index (κ1) is 22.9. The Kier molecular flexibility index (Phi) is 7.72. The number of amides is 2. The van der Waals surface area contributed by atoms with Gasteiger partial charge in [-0.3, -0.25) is 9.59 Å². The summed E-state index contributed by atoms with van der Waals surface area (Å²) in [5, 5.41) is 3.45. The van der Waals surface area contributed by atoms with Crippen molar-refractivity contribution in [1.82, 2.24) is 9.80 Å². The van der Waals surface area contributed by atoms with Gasteiger partial charge in [-0.15, -0.1) is 0 Å². The molecule has 0 bridgehead atoms. The maximum absolute atomic E-state index is 13.3. The quantitative estimate of drug-likeness (QED) is 0.672. The van der Waals surface area contributed by atoms with Gasteiger partial charge in [-0.25, -0.2) is 0 Å². The highest BCUT2D eigenvalue weighted by molar-refractivity contribution is 6.00. The zero-order valence-electron chi connectivity index (χ0n) is 19.3. The molecule has 0 saturated carbocycles. The number of carbonyl (C=O) groups excluding carboxylic acids is 2. The van der Waals surface area contributed by atoms with Crippen molar-refractivity contribution in [2.24, 2.45) is 5.92 Å². The maximum atomic E-state index is 13.3. The molecule has 3 rings (SSSR count). The summed E-state index contributed by atoms with van der Waals surface area (Å²) in [4.78, 5) is 29.7. The Hall–Kier alpha value is -2.82. The summed E-state index contributed by atoms with van der Waals surface area (Å²) in [6, 6.07) is 13.8. The van der Waals surface area contributed by atoms with Crippen molar-refractivity contribution in [3.8, 4) is 0 Å². The number of anilines is 2. The maximum Gasteiger partial charge on any atom is 0.255 e. The van der Waals surface area contributed by atoms with Gasteiger partial charge in [-0.1, -0.05) is 37.6 Å². The average molecular weight is 422 g/mol. The first-order valence-corrected chi connectivity index (χ1v) is 11.4. The van der Waals surface area contributed by atoms with Gasteiger partial charge in [0.25, 0.3) is 5.91 Å². The van der Waals surface area contributed by atoms with Crippen LogP contribution in [0.2, 0.25) is 0 Å². The largest absolute Gasteiger partial charge is 0.355 e. The number of hydrogen-bond acceptors (Lipinski definition) is 3. The molecule has 5 heteroatoms. The van der Waals surface area contributed by atoms with E-state index in [2.05, 4.69) is 32.2 Å². The number of benzene rings is 2. The molecule has 0 atom stereocenters. The van der Waals surface area contributed by atoms with E-state index in [1.165, 1.54) is 11.1 Å². The van der Waals surface area contributed by atoms with Gasteiger partial charge in [0.1, 0.15) is 0 Å². The number of aryl methyl sites for hydroxylation is 1. The fraction of sp³-hybridized carbons (Fsp3) is 0.462. The van der Waals surface area contributed by atoms with Gasteiger partial charge in [-0.2, -0.15) is 0 Å². The van der Waals surface area contributed by atoms with Crippen molar-refractivity contribution in [1.29, 1.82) is 0 Å². The lowest BCUT2D eigenvalue weighted by atomic mass is 9.94. The monoisotopic (exact) mass is 421 g/mol. The third kappa shape index (κ3) is 5.46. The highest BCUT2D eigenvalue weighted by atomic mass is 16.2. The molecule has 1 aliphatic rings. The lowest BCUT2D eigenvalue weighted by molar-refractivity contribution is -0.135. The number of rotatable bonds is 7. The molecule has 2 amide bonds. The summed E-state index contributed by atoms with van der Waals surface area (Å²) in [6.45, 7) is 8.36. The van der Waals surface area contributed by atoms with Crippen LogP contribution in [0.5, 0.6) is 0 Å². The number of hydrogen-bond donors (Lipinski definition) is 1. The SMILES string of the molecule is CCCCN(C)C(=O)C1CCN(C(=O)c2ccccc2Nc2cccc(C)c2C)CC1. The van der Waals surface area contributed by atoms with Gasteiger partial charge in [0.15, 0.2) is 0 Å². The first-order chi connectivity index (χ1) is 14.9. The number of unbranched alkanes of at least 4 members (excludes halogenated alkanes) is 1. The van der Waals surface area contributed by atoms with Crippen LogP contribution in [-0.2, 0) is 4.79 Å². The van der Waals surface area contributed by atoms with E-state index in [0.29, 0.717) is 18.7 Å². The van der Waals surface area contributed by atoms with Crippen molar-refractivity contribution >= 4 is 23.2 Å². The minimum absolute atomic E-state index is 0.0224. The van der Waals surface area contributed by atoms with E-state index in [9.17, 15) is 9.59 Å². The minimum Gasteiger partial charge on any atom is -0.355 e. The van der Waals surface area contributed by atoms with E-state index in [-0.39, 0.29) is 17.7 Å². The zero-order valence-corrected chi connectivity index (χ0v) is 19.3. The second-order valence-electron chi connectivity index (χ2n) is 8.60. The highest BCUT2D eigenvalue weighted by Crippen LogP contribution is 2.28. The van der Waals surface area contributed by atoms with Gasteiger partial charge in [-0.05, 0) is 62.4 Å². The second-order valence-corrected chi connectivity index (χ2v) is 8.60. The highest BCUT2D eigenvalue weighted by Gasteiger charge is 2.30. The normalized spacial score (nSPS) is 14.4. The van der Waals surface area contributed by atoms with Crippen LogP contribution >= 0.6 is 0 Å². The molecule has 1 aliphatic heterocycles. The van der Waals surface area contributed by atoms with Crippen molar-refractivity contribution in [2.45, 2.75) is 46.5 Å². The Bertz CT molecular complexity index is 917. The van der Waals surface area contributed by atoms with Crippen LogP contribution in [0.25, 0.3) is 0 Å². The van der Waals surface area contributed by atoms with E-state index < -0.39 is 0 Å². The van der Waals surface area contributed by atoms with E-state index in [4.69, 9.17) is 0 Å². The van der Waals surface area contributed by atoms with Crippen LogP contribution in [0, 0.1) is 19.8 Å². The number of likely N-dealkylation sites (tertiary alicyclic amines) is 1. The molecule has 5 nitrogen and oxygen atoms in total. The predicted molar refractivity (Wildman–Crippen MR) is 127 cm³/mol. The number of piperidine rings is 1. The molecule has 1 saturated heterocycles. The number of nitrogens with one attached hydrogen (secondary N) is 1. The summed E-state index contributed by atoms with van der Waals surface area (Å²) >= 11 is 0. The fourth-order valence-corrected chi connectivity index (χ4v) is 4.13. The van der Waals surface area contributed by atoms with E-state index in [0.717, 1.165) is 43.6 Å². The second kappa shape index (κ2) is 10.5. The van der Waals surface area contributed by atoms with Crippen molar-refractivity contribution < 1.29 is 9.59 Å². The van der Waals surface area contributed by atoms with Crippen LogP contribution in [0.1, 0.15) is 54.1 Å². The average Bonchev–Trinajstić information content (AvgIpc) is 2.80. The van der Waals surface area contributed by atoms with Crippen LogP contribution < -0.4 is 5.32 Å². The number of nitrogens with zero attached hydrogens (tertiary/aromatic N) is 2. The Morgan fingerprint density at radius 2 is 1.71 bits per heavy atom. The van der Waals surface area contributed by atoms with E-state index >= 15 is 0 Å². The smallest absolute Gasteiger partial charge is 0.255 e. The number of carbonyl (C=O) groups is 2. The fourth-order valence-electron chi connectivity index (χ4n) is 4.13. The summed E-state index contributed by atoms with van der Waals surface area (Å²) in [6.07, 6.45) is 3.57. The van der Waals surface area contributed by atoms with Crippen molar-refractivity contribution in [2.75, 3.05) is 32.0 Å². The van der Waals surface area contributed by atoms with Gasteiger partial charge in [0.2, 0.25) is 5.91 Å². The molecular weight excluding hydrogens is 386 g/mol. The predicted octanol–water partition coefficient (Wildman–Crippen LogP) is 5.16. The molecule has 1 N–H and O–H groups in total. The van der Waals surface area contributed by atoms with Crippen LogP contribution in [0.15, 0.2) is 42.5 Å². The molecule has 2 aromatic rings. The van der Waals surface area contributed by atoms with Gasteiger partial charge in [0.05, 0.1) is 11.3 Å². The molecule has 0 spiro atoms. The lowest BCUT2D eigenvalue weighted by Gasteiger charge is -2.33. The first-order valence-electron chi connectivity index (χ1n) is 11.4. The summed E-state index contributed by atoms with van der Waals surface area (Å²) in [5.41, 5.74) is 4.90. The van der Waals surface area contributed by atoms with Crippen LogP contribution in [0.4, 0.5) is 11.4 Å². The van der Waals surface area contributed by atoms with E-state index in [1.54, 1.807) is 0 Å². The Morgan fingerprint density at radius 3 is 2.42 bits per heavy atom. The molecule has 31 heavy (non-hydrogen) atoms. The Morgan fingerprint density at radius 1 is 1.03 bits per heavy atom. The van der Waals surface area contributed by atoms with Gasteiger partial charge < -0.3 is 15.1 Å². The number of para-hydroxylation sites is 1. The topological polar surface area (TPSA) is 52.7 Å². The van der Waals surface area contributed by atoms with Gasteiger partial charge in [0, 0.05) is 38.3 Å². The third-order valence-electron chi connectivity index (χ3n) is 6.39. The molecule has 0 aliphatic carbocycles. The molecule has 2 aromatic carbocycles. The summed E-state index contributed by atoms with van der Waals surface area (Å²) in [5.74, 6) is 0.269. The molecule has 1 fully saturated rings. The molecule has 1 heterocycles. The molecular formula is C26H35N3O2.